The lowest BCUT2D eigenvalue weighted by atomic mass is 9.50. The molecule has 0 bridgehead atoms. The first-order valence-electron chi connectivity index (χ1n) is 7.45. The number of hydrogen-bond donors (Lipinski definition) is 0. The average molecular weight is 224 g/mol. The summed E-state index contributed by atoms with van der Waals surface area (Å²) >= 11 is 0. The fourth-order valence-electron chi connectivity index (χ4n) is 4.01. The van der Waals surface area contributed by atoms with Gasteiger partial charge in [0.2, 0.25) is 0 Å². The second kappa shape index (κ2) is 5.56. The lowest BCUT2D eigenvalue weighted by Crippen LogP contribution is -2.46. The Morgan fingerprint density at radius 3 is 1.75 bits per heavy atom. The molecule has 0 heteroatoms. The van der Waals surface area contributed by atoms with Crippen LogP contribution in [0, 0.1) is 29.1 Å². The van der Waals surface area contributed by atoms with E-state index in [9.17, 15) is 0 Å². The highest BCUT2D eigenvalue weighted by atomic mass is 14.5. The van der Waals surface area contributed by atoms with Crippen molar-refractivity contribution < 1.29 is 0 Å². The molecule has 0 spiro atoms. The fraction of sp³-hybridized carbons (Fsp3) is 1.00. The molecule has 2 atom stereocenters. The minimum absolute atomic E-state index is 0.693. The van der Waals surface area contributed by atoms with Gasteiger partial charge in [0, 0.05) is 0 Å². The second-order valence-corrected chi connectivity index (χ2v) is 6.76. The van der Waals surface area contributed by atoms with Crippen molar-refractivity contribution >= 4 is 0 Å². The van der Waals surface area contributed by atoms with Crippen molar-refractivity contribution in [2.75, 3.05) is 0 Å². The topological polar surface area (TPSA) is 0 Å². The van der Waals surface area contributed by atoms with E-state index >= 15 is 0 Å². The lowest BCUT2D eigenvalue weighted by molar-refractivity contribution is -0.0539. The highest BCUT2D eigenvalue weighted by molar-refractivity contribution is 4.98. The van der Waals surface area contributed by atoms with Crippen LogP contribution in [0.2, 0.25) is 0 Å². The molecule has 0 aromatic rings. The van der Waals surface area contributed by atoms with E-state index in [1.165, 1.54) is 32.1 Å². The van der Waals surface area contributed by atoms with Gasteiger partial charge in [0.1, 0.15) is 0 Å². The predicted octanol–water partition coefficient (Wildman–Crippen LogP) is 5.52. The number of rotatable bonds is 6. The zero-order chi connectivity index (χ0) is 12.3. The van der Waals surface area contributed by atoms with Crippen molar-refractivity contribution in [3.63, 3.8) is 0 Å². The fourth-order valence-corrected chi connectivity index (χ4v) is 4.01. The third-order valence-electron chi connectivity index (χ3n) is 5.33. The Labute approximate surface area is 103 Å². The van der Waals surface area contributed by atoms with Gasteiger partial charge in [-0.3, -0.25) is 0 Å². The molecule has 1 aliphatic carbocycles. The molecule has 1 aliphatic rings. The van der Waals surface area contributed by atoms with E-state index in [2.05, 4.69) is 41.5 Å². The van der Waals surface area contributed by atoms with E-state index in [4.69, 9.17) is 0 Å². The Morgan fingerprint density at radius 2 is 1.50 bits per heavy atom. The van der Waals surface area contributed by atoms with Gasteiger partial charge in [0.15, 0.2) is 0 Å². The SMILES string of the molecule is CCCC(C(C)C)C1(C(C)C(C)C)CCC1. The van der Waals surface area contributed by atoms with E-state index in [0.29, 0.717) is 5.41 Å². The zero-order valence-corrected chi connectivity index (χ0v) is 12.3. The zero-order valence-electron chi connectivity index (χ0n) is 12.3. The molecular formula is C16H32. The van der Waals surface area contributed by atoms with Gasteiger partial charge in [-0.2, -0.15) is 0 Å². The Bertz CT molecular complexity index is 198. The Kier molecular flexibility index (Phi) is 4.88. The van der Waals surface area contributed by atoms with Gasteiger partial charge in [-0.1, -0.05) is 54.4 Å². The minimum atomic E-state index is 0.693. The van der Waals surface area contributed by atoms with Crippen LogP contribution in [0.5, 0.6) is 0 Å². The van der Waals surface area contributed by atoms with Crippen LogP contribution in [-0.4, -0.2) is 0 Å². The lowest BCUT2D eigenvalue weighted by Gasteiger charge is -2.55. The van der Waals surface area contributed by atoms with Gasteiger partial charge >= 0.3 is 0 Å². The molecule has 2 unspecified atom stereocenters. The summed E-state index contributed by atoms with van der Waals surface area (Å²) in [7, 11) is 0. The van der Waals surface area contributed by atoms with Crippen LogP contribution < -0.4 is 0 Å². The summed E-state index contributed by atoms with van der Waals surface area (Å²) in [5, 5.41) is 0. The summed E-state index contributed by atoms with van der Waals surface area (Å²) in [6.07, 6.45) is 7.26. The van der Waals surface area contributed by atoms with E-state index in [1.807, 2.05) is 0 Å². The maximum absolute atomic E-state index is 2.51. The molecule has 1 saturated carbocycles. The second-order valence-electron chi connectivity index (χ2n) is 6.76. The quantitative estimate of drug-likeness (QED) is 0.557. The predicted molar refractivity (Wildman–Crippen MR) is 73.5 cm³/mol. The molecule has 0 aliphatic heterocycles. The average Bonchev–Trinajstić information content (AvgIpc) is 2.14. The van der Waals surface area contributed by atoms with Crippen LogP contribution in [0.25, 0.3) is 0 Å². The van der Waals surface area contributed by atoms with E-state index < -0.39 is 0 Å². The van der Waals surface area contributed by atoms with Gasteiger partial charge in [-0.05, 0) is 48.3 Å². The van der Waals surface area contributed by atoms with Crippen molar-refractivity contribution in [1.82, 2.24) is 0 Å². The number of hydrogen-bond acceptors (Lipinski definition) is 0. The molecule has 0 amide bonds. The molecule has 1 fully saturated rings. The van der Waals surface area contributed by atoms with Crippen molar-refractivity contribution in [2.24, 2.45) is 29.1 Å². The summed E-state index contributed by atoms with van der Waals surface area (Å²) in [5.41, 5.74) is 0.693. The molecular weight excluding hydrogens is 192 g/mol. The molecule has 0 saturated heterocycles. The van der Waals surface area contributed by atoms with E-state index in [1.54, 1.807) is 0 Å². The monoisotopic (exact) mass is 224 g/mol. The van der Waals surface area contributed by atoms with Gasteiger partial charge in [-0.15, -0.1) is 0 Å². The summed E-state index contributed by atoms with van der Waals surface area (Å²) in [5.74, 6) is 3.57. The molecule has 0 aromatic heterocycles. The van der Waals surface area contributed by atoms with Gasteiger partial charge in [0.05, 0.1) is 0 Å². The first kappa shape index (κ1) is 14.1. The summed E-state index contributed by atoms with van der Waals surface area (Å²) in [6.45, 7) is 14.6. The van der Waals surface area contributed by atoms with Crippen LogP contribution in [-0.2, 0) is 0 Å². The minimum Gasteiger partial charge on any atom is -0.0654 e. The Morgan fingerprint density at radius 1 is 0.938 bits per heavy atom. The van der Waals surface area contributed by atoms with Crippen LogP contribution in [0.15, 0.2) is 0 Å². The summed E-state index contributed by atoms with van der Waals surface area (Å²) in [4.78, 5) is 0. The molecule has 0 nitrogen and oxygen atoms in total. The normalized spacial score (nSPS) is 23.2. The van der Waals surface area contributed by atoms with E-state index in [-0.39, 0.29) is 0 Å². The molecule has 0 radical (unpaired) electrons. The maximum atomic E-state index is 2.51. The van der Waals surface area contributed by atoms with Crippen molar-refractivity contribution in [1.29, 1.82) is 0 Å². The van der Waals surface area contributed by atoms with Crippen LogP contribution >= 0.6 is 0 Å². The molecule has 16 heavy (non-hydrogen) atoms. The summed E-state index contributed by atoms with van der Waals surface area (Å²) in [6, 6.07) is 0. The highest BCUT2D eigenvalue weighted by Gasteiger charge is 2.48. The van der Waals surface area contributed by atoms with Gasteiger partial charge in [0.25, 0.3) is 0 Å². The van der Waals surface area contributed by atoms with Crippen molar-refractivity contribution in [3.05, 3.63) is 0 Å². The summed E-state index contributed by atoms with van der Waals surface area (Å²) < 4.78 is 0. The van der Waals surface area contributed by atoms with Crippen molar-refractivity contribution in [2.45, 2.75) is 73.6 Å². The highest BCUT2D eigenvalue weighted by Crippen LogP contribution is 2.57. The third-order valence-corrected chi connectivity index (χ3v) is 5.33. The Hall–Kier alpha value is 0. The molecule has 1 rings (SSSR count). The Balaban J connectivity index is 2.83. The van der Waals surface area contributed by atoms with Crippen molar-refractivity contribution in [3.8, 4) is 0 Å². The molecule has 96 valence electrons. The standard InChI is InChI=1S/C16H32/c1-7-9-15(13(4)5)16(10-8-11-16)14(6)12(2)3/h12-15H,7-11H2,1-6H3. The third kappa shape index (κ3) is 2.46. The van der Waals surface area contributed by atoms with Crippen LogP contribution in [0.3, 0.4) is 0 Å². The molecule has 0 heterocycles. The smallest absolute Gasteiger partial charge is 0.0239 e. The van der Waals surface area contributed by atoms with Gasteiger partial charge < -0.3 is 0 Å². The first-order valence-corrected chi connectivity index (χ1v) is 7.45. The largest absolute Gasteiger partial charge is 0.0654 e. The van der Waals surface area contributed by atoms with Crippen LogP contribution in [0.1, 0.15) is 73.6 Å². The van der Waals surface area contributed by atoms with Crippen LogP contribution in [0.4, 0.5) is 0 Å². The first-order chi connectivity index (χ1) is 7.45. The van der Waals surface area contributed by atoms with Gasteiger partial charge in [-0.25, -0.2) is 0 Å². The van der Waals surface area contributed by atoms with E-state index in [0.717, 1.165) is 23.7 Å². The maximum Gasteiger partial charge on any atom is -0.0239 e. The molecule has 0 aromatic carbocycles. The molecule has 0 N–H and O–H groups in total.